The van der Waals surface area contributed by atoms with Crippen molar-refractivity contribution in [2.75, 3.05) is 13.1 Å². The van der Waals surface area contributed by atoms with Crippen LogP contribution in [0.4, 0.5) is 4.39 Å². The van der Waals surface area contributed by atoms with Crippen LogP contribution >= 0.6 is 0 Å². The predicted octanol–water partition coefficient (Wildman–Crippen LogP) is 1.36. The molecule has 0 bridgehead atoms. The number of hydrogen-bond acceptors (Lipinski definition) is 2. The van der Waals surface area contributed by atoms with E-state index in [1.54, 1.807) is 19.1 Å². The molecule has 1 heterocycles. The van der Waals surface area contributed by atoms with Crippen LogP contribution in [-0.4, -0.2) is 19.0 Å². The van der Waals surface area contributed by atoms with Crippen LogP contribution in [0, 0.1) is 18.7 Å². The maximum atomic E-state index is 13.0. The van der Waals surface area contributed by atoms with Crippen molar-refractivity contribution < 1.29 is 9.18 Å². The van der Waals surface area contributed by atoms with E-state index >= 15 is 0 Å². The van der Waals surface area contributed by atoms with E-state index in [2.05, 4.69) is 10.6 Å². The van der Waals surface area contributed by atoms with E-state index in [-0.39, 0.29) is 17.6 Å². The number of amides is 1. The minimum atomic E-state index is -0.208. The number of benzene rings is 1. The molecule has 0 aromatic heterocycles. The third-order valence-corrected chi connectivity index (χ3v) is 3.12. The number of nitrogens with one attached hydrogen (secondary N) is 2. The fourth-order valence-electron chi connectivity index (χ4n) is 2.03. The lowest BCUT2D eigenvalue weighted by atomic mass is 10.1. The number of rotatable bonds is 3. The second-order valence-corrected chi connectivity index (χ2v) is 4.49. The molecule has 1 fully saturated rings. The molecule has 1 saturated heterocycles. The molecule has 1 atom stereocenters. The fraction of sp³-hybridized carbons (Fsp3) is 0.462. The van der Waals surface area contributed by atoms with Crippen molar-refractivity contribution in [2.45, 2.75) is 19.9 Å². The van der Waals surface area contributed by atoms with Gasteiger partial charge in [0.25, 0.3) is 0 Å². The van der Waals surface area contributed by atoms with Crippen LogP contribution in [0.5, 0.6) is 0 Å². The average Bonchev–Trinajstić information content (AvgIpc) is 2.84. The smallest absolute Gasteiger partial charge is 0.224 e. The molecule has 0 saturated carbocycles. The van der Waals surface area contributed by atoms with Crippen molar-refractivity contribution in [3.05, 3.63) is 35.1 Å². The molecule has 2 rings (SSSR count). The zero-order valence-electron chi connectivity index (χ0n) is 9.92. The monoisotopic (exact) mass is 236 g/mol. The molecular weight excluding hydrogens is 219 g/mol. The summed E-state index contributed by atoms with van der Waals surface area (Å²) in [7, 11) is 0. The van der Waals surface area contributed by atoms with E-state index in [9.17, 15) is 9.18 Å². The molecule has 17 heavy (non-hydrogen) atoms. The maximum Gasteiger partial charge on any atom is 0.224 e. The summed E-state index contributed by atoms with van der Waals surface area (Å²) in [6.45, 7) is 3.86. The minimum Gasteiger partial charge on any atom is -0.352 e. The Hall–Kier alpha value is -1.42. The topological polar surface area (TPSA) is 41.1 Å². The molecule has 1 amide bonds. The number of aryl methyl sites for hydroxylation is 1. The normalized spacial score (nSPS) is 19.3. The molecule has 1 unspecified atom stereocenters. The summed E-state index contributed by atoms with van der Waals surface area (Å²) in [6, 6.07) is 4.91. The van der Waals surface area contributed by atoms with Crippen LogP contribution in [0.15, 0.2) is 18.2 Å². The largest absolute Gasteiger partial charge is 0.352 e. The van der Waals surface area contributed by atoms with Gasteiger partial charge >= 0.3 is 0 Å². The first-order chi connectivity index (χ1) is 8.16. The van der Waals surface area contributed by atoms with Crippen molar-refractivity contribution >= 4 is 5.91 Å². The van der Waals surface area contributed by atoms with E-state index in [1.165, 1.54) is 6.07 Å². The summed E-state index contributed by atoms with van der Waals surface area (Å²) in [6.07, 6.45) is 0.897. The van der Waals surface area contributed by atoms with Gasteiger partial charge in [0.1, 0.15) is 5.82 Å². The first kappa shape index (κ1) is 12.0. The van der Waals surface area contributed by atoms with Gasteiger partial charge in [-0.3, -0.25) is 4.79 Å². The van der Waals surface area contributed by atoms with Gasteiger partial charge in [-0.25, -0.2) is 4.39 Å². The molecule has 4 heteroatoms. The molecule has 3 nitrogen and oxygen atoms in total. The highest BCUT2D eigenvalue weighted by molar-refractivity contribution is 5.79. The third kappa shape index (κ3) is 3.03. The number of halogens is 1. The summed E-state index contributed by atoms with van der Waals surface area (Å²) in [5, 5.41) is 6.04. The summed E-state index contributed by atoms with van der Waals surface area (Å²) in [5.41, 5.74) is 1.54. The number of carbonyl (C=O) groups excluding carboxylic acids is 1. The van der Waals surface area contributed by atoms with Crippen LogP contribution in [0.1, 0.15) is 17.5 Å². The van der Waals surface area contributed by atoms with Gasteiger partial charge in [0, 0.05) is 13.1 Å². The van der Waals surface area contributed by atoms with Gasteiger partial charge in [-0.1, -0.05) is 12.1 Å². The van der Waals surface area contributed by atoms with Crippen LogP contribution in [-0.2, 0) is 11.3 Å². The lowest BCUT2D eigenvalue weighted by Gasteiger charge is -2.10. The highest BCUT2D eigenvalue weighted by Crippen LogP contribution is 2.10. The minimum absolute atomic E-state index is 0.0801. The lowest BCUT2D eigenvalue weighted by Crippen LogP contribution is -2.31. The second-order valence-electron chi connectivity index (χ2n) is 4.49. The first-order valence-electron chi connectivity index (χ1n) is 5.90. The SMILES string of the molecule is Cc1cc(CNC(=O)C2CCNC2)ccc1F. The molecule has 1 aliphatic heterocycles. The van der Waals surface area contributed by atoms with Gasteiger partial charge in [-0.2, -0.15) is 0 Å². The molecule has 0 radical (unpaired) electrons. The zero-order valence-corrected chi connectivity index (χ0v) is 9.92. The molecule has 1 aromatic rings. The van der Waals surface area contributed by atoms with Crippen LogP contribution in [0.25, 0.3) is 0 Å². The summed E-state index contributed by atoms with van der Waals surface area (Å²) in [5.74, 6) is -0.0476. The molecule has 92 valence electrons. The predicted molar refractivity (Wildman–Crippen MR) is 64.0 cm³/mol. The van der Waals surface area contributed by atoms with Gasteiger partial charge in [-0.05, 0) is 37.1 Å². The quantitative estimate of drug-likeness (QED) is 0.832. The highest BCUT2D eigenvalue weighted by Gasteiger charge is 2.21. The van der Waals surface area contributed by atoms with Gasteiger partial charge in [0.15, 0.2) is 0 Å². The number of hydrogen-bond donors (Lipinski definition) is 2. The zero-order chi connectivity index (χ0) is 12.3. The first-order valence-corrected chi connectivity index (χ1v) is 5.90. The van der Waals surface area contributed by atoms with Crippen molar-refractivity contribution in [3.63, 3.8) is 0 Å². The molecule has 0 aliphatic carbocycles. The fourth-order valence-corrected chi connectivity index (χ4v) is 2.03. The summed E-state index contributed by atoms with van der Waals surface area (Å²) in [4.78, 5) is 11.7. The molecular formula is C13H17FN2O. The van der Waals surface area contributed by atoms with E-state index in [4.69, 9.17) is 0 Å². The van der Waals surface area contributed by atoms with Crippen molar-refractivity contribution in [1.82, 2.24) is 10.6 Å². The Labute approximate surface area is 100 Å². The van der Waals surface area contributed by atoms with E-state index in [1.807, 2.05) is 0 Å². The molecule has 1 aliphatic rings. The van der Waals surface area contributed by atoms with Gasteiger partial charge in [-0.15, -0.1) is 0 Å². The van der Waals surface area contributed by atoms with Crippen LogP contribution in [0.2, 0.25) is 0 Å². The Bertz CT molecular complexity index is 414. The molecule has 2 N–H and O–H groups in total. The van der Waals surface area contributed by atoms with E-state index in [0.717, 1.165) is 25.1 Å². The Kier molecular flexibility index (Phi) is 3.74. The third-order valence-electron chi connectivity index (χ3n) is 3.12. The molecule has 1 aromatic carbocycles. The highest BCUT2D eigenvalue weighted by atomic mass is 19.1. The van der Waals surface area contributed by atoms with Gasteiger partial charge in [0.05, 0.1) is 5.92 Å². The Morgan fingerprint density at radius 1 is 1.59 bits per heavy atom. The van der Waals surface area contributed by atoms with Gasteiger partial charge < -0.3 is 10.6 Å². The summed E-state index contributed by atoms with van der Waals surface area (Å²) >= 11 is 0. The Balaban J connectivity index is 1.88. The van der Waals surface area contributed by atoms with Gasteiger partial charge in [0.2, 0.25) is 5.91 Å². The number of carbonyl (C=O) groups is 1. The Morgan fingerprint density at radius 3 is 3.06 bits per heavy atom. The standard InChI is InChI=1S/C13H17FN2O/c1-9-6-10(2-3-12(9)14)7-16-13(17)11-4-5-15-8-11/h2-3,6,11,15H,4-5,7-8H2,1H3,(H,16,17). The van der Waals surface area contributed by atoms with Crippen molar-refractivity contribution in [3.8, 4) is 0 Å². The van der Waals surface area contributed by atoms with Crippen molar-refractivity contribution in [1.29, 1.82) is 0 Å². The second kappa shape index (κ2) is 5.27. The maximum absolute atomic E-state index is 13.0. The van der Waals surface area contributed by atoms with E-state index < -0.39 is 0 Å². The Morgan fingerprint density at radius 2 is 2.41 bits per heavy atom. The van der Waals surface area contributed by atoms with Crippen molar-refractivity contribution in [2.24, 2.45) is 5.92 Å². The lowest BCUT2D eigenvalue weighted by molar-refractivity contribution is -0.124. The summed E-state index contributed by atoms with van der Waals surface area (Å²) < 4.78 is 13.0. The van der Waals surface area contributed by atoms with E-state index in [0.29, 0.717) is 12.1 Å². The molecule has 0 spiro atoms. The van der Waals surface area contributed by atoms with Crippen LogP contribution in [0.3, 0.4) is 0 Å². The average molecular weight is 236 g/mol. The van der Waals surface area contributed by atoms with Crippen LogP contribution < -0.4 is 10.6 Å².